The molecule has 1 heterocycles. The summed E-state index contributed by atoms with van der Waals surface area (Å²) in [4.78, 5) is 30.2. The first-order valence-electron chi connectivity index (χ1n) is 10.1. The summed E-state index contributed by atoms with van der Waals surface area (Å²) in [7, 11) is 0. The van der Waals surface area contributed by atoms with Crippen molar-refractivity contribution in [1.29, 1.82) is 0 Å². The van der Waals surface area contributed by atoms with E-state index in [9.17, 15) is 9.59 Å². The summed E-state index contributed by atoms with van der Waals surface area (Å²) in [5.74, 6) is 0.451. The lowest BCUT2D eigenvalue weighted by molar-refractivity contribution is -0.116. The molecule has 5 nitrogen and oxygen atoms in total. The molecular weight excluding hydrogens is 410 g/mol. The average molecular weight is 432 g/mol. The van der Waals surface area contributed by atoms with Crippen LogP contribution in [-0.2, 0) is 17.8 Å². The van der Waals surface area contributed by atoms with Crippen molar-refractivity contribution < 1.29 is 4.79 Å². The van der Waals surface area contributed by atoms with Gasteiger partial charge in [-0.05, 0) is 36.6 Å². The molecule has 0 spiro atoms. The van der Waals surface area contributed by atoms with E-state index in [4.69, 9.17) is 11.6 Å². The van der Waals surface area contributed by atoms with Gasteiger partial charge in [-0.1, -0.05) is 72.3 Å². The number of benzene rings is 3. The highest BCUT2D eigenvalue weighted by Gasteiger charge is 2.14. The molecule has 4 aromatic rings. The molecule has 6 heteroatoms. The smallest absolute Gasteiger partial charge is 0.261 e. The number of hydrogen-bond acceptors (Lipinski definition) is 3. The molecule has 156 valence electrons. The van der Waals surface area contributed by atoms with E-state index >= 15 is 0 Å². The van der Waals surface area contributed by atoms with Crippen molar-refractivity contribution in [3.05, 3.63) is 105 Å². The summed E-state index contributed by atoms with van der Waals surface area (Å²) < 4.78 is 1.63. The Labute approximate surface area is 185 Å². The molecule has 0 unspecified atom stereocenters. The van der Waals surface area contributed by atoms with Crippen molar-refractivity contribution in [1.82, 2.24) is 9.55 Å². The van der Waals surface area contributed by atoms with Crippen LogP contribution in [0.15, 0.2) is 77.6 Å². The van der Waals surface area contributed by atoms with E-state index in [0.29, 0.717) is 46.8 Å². The molecule has 4 rings (SSSR count). The molecule has 0 saturated carbocycles. The van der Waals surface area contributed by atoms with Crippen molar-refractivity contribution in [2.24, 2.45) is 0 Å². The van der Waals surface area contributed by atoms with Crippen LogP contribution in [0.25, 0.3) is 10.9 Å². The monoisotopic (exact) mass is 431 g/mol. The zero-order chi connectivity index (χ0) is 21.8. The van der Waals surface area contributed by atoms with Crippen LogP contribution < -0.4 is 10.9 Å². The number of carbonyl (C=O) groups excluding carboxylic acids is 1. The Kier molecular flexibility index (Phi) is 6.14. The van der Waals surface area contributed by atoms with Crippen molar-refractivity contribution in [3.63, 3.8) is 0 Å². The molecular formula is C25H22ClN3O2. The van der Waals surface area contributed by atoms with Crippen LogP contribution in [0.3, 0.4) is 0 Å². The fraction of sp³-hybridized carbons (Fsp3) is 0.160. The maximum atomic E-state index is 13.2. The maximum absolute atomic E-state index is 13.2. The van der Waals surface area contributed by atoms with Crippen LogP contribution >= 0.6 is 11.6 Å². The average Bonchev–Trinajstić information content (AvgIpc) is 2.78. The third-order valence-electron chi connectivity index (χ3n) is 5.17. The number of hydrogen-bond donors (Lipinski definition) is 1. The molecule has 0 fully saturated rings. The lowest BCUT2D eigenvalue weighted by atomic mass is 10.1. The summed E-state index contributed by atoms with van der Waals surface area (Å²) in [5, 5.41) is 3.61. The molecule has 3 aromatic carbocycles. The van der Waals surface area contributed by atoms with E-state index in [1.54, 1.807) is 23.6 Å². The van der Waals surface area contributed by atoms with E-state index in [0.717, 1.165) is 11.1 Å². The number of aryl methyl sites for hydroxylation is 2. The fourth-order valence-corrected chi connectivity index (χ4v) is 3.72. The minimum atomic E-state index is -0.164. The summed E-state index contributed by atoms with van der Waals surface area (Å²) in [6.45, 7) is 2.23. The molecule has 31 heavy (non-hydrogen) atoms. The summed E-state index contributed by atoms with van der Waals surface area (Å²) >= 11 is 6.38. The number of aromatic nitrogens is 2. The number of halogens is 1. The molecule has 1 amide bonds. The second-order valence-electron chi connectivity index (χ2n) is 7.42. The molecule has 0 bridgehead atoms. The SMILES string of the molecule is Cc1nc2cc(Cl)c(NC(=O)CCc3ccccc3)cc2c(=O)n1Cc1ccccc1. The third kappa shape index (κ3) is 4.84. The minimum Gasteiger partial charge on any atom is -0.325 e. The molecule has 1 N–H and O–H groups in total. The number of anilines is 1. The van der Waals surface area contributed by atoms with Gasteiger partial charge in [0.25, 0.3) is 5.56 Å². The van der Waals surface area contributed by atoms with E-state index in [-0.39, 0.29) is 11.5 Å². The molecule has 0 saturated heterocycles. The van der Waals surface area contributed by atoms with Crippen molar-refractivity contribution in [2.75, 3.05) is 5.32 Å². The Morgan fingerprint density at radius 3 is 2.32 bits per heavy atom. The summed E-state index contributed by atoms with van der Waals surface area (Å²) in [6, 6.07) is 22.8. The molecule has 0 aliphatic rings. The van der Waals surface area contributed by atoms with Crippen LogP contribution in [0.4, 0.5) is 5.69 Å². The zero-order valence-electron chi connectivity index (χ0n) is 17.1. The van der Waals surface area contributed by atoms with E-state index in [2.05, 4.69) is 10.3 Å². The topological polar surface area (TPSA) is 64.0 Å². The van der Waals surface area contributed by atoms with Gasteiger partial charge in [0.15, 0.2) is 0 Å². The van der Waals surface area contributed by atoms with Crippen LogP contribution in [0.5, 0.6) is 0 Å². The first-order valence-corrected chi connectivity index (χ1v) is 10.5. The highest BCUT2D eigenvalue weighted by atomic mass is 35.5. The van der Waals surface area contributed by atoms with Gasteiger partial charge in [-0.25, -0.2) is 4.98 Å². The van der Waals surface area contributed by atoms with Gasteiger partial charge in [-0.2, -0.15) is 0 Å². The highest BCUT2D eigenvalue weighted by molar-refractivity contribution is 6.34. The number of nitrogens with one attached hydrogen (secondary N) is 1. The minimum absolute atomic E-state index is 0.158. The van der Waals surface area contributed by atoms with Crippen LogP contribution in [-0.4, -0.2) is 15.5 Å². The van der Waals surface area contributed by atoms with Gasteiger partial charge in [0.2, 0.25) is 5.91 Å². The predicted molar refractivity (Wildman–Crippen MR) is 125 cm³/mol. The van der Waals surface area contributed by atoms with Crippen molar-refractivity contribution in [3.8, 4) is 0 Å². The van der Waals surface area contributed by atoms with Gasteiger partial charge in [-0.15, -0.1) is 0 Å². The largest absolute Gasteiger partial charge is 0.325 e. The Hall–Kier alpha value is -3.44. The maximum Gasteiger partial charge on any atom is 0.261 e. The van der Waals surface area contributed by atoms with Crippen LogP contribution in [0.2, 0.25) is 5.02 Å². The summed E-state index contributed by atoms with van der Waals surface area (Å²) in [5.41, 5.74) is 2.87. The molecule has 0 aliphatic carbocycles. The Morgan fingerprint density at radius 2 is 1.65 bits per heavy atom. The normalized spacial score (nSPS) is 10.9. The number of rotatable bonds is 6. The van der Waals surface area contributed by atoms with Gasteiger partial charge >= 0.3 is 0 Å². The van der Waals surface area contributed by atoms with Crippen LogP contribution in [0.1, 0.15) is 23.4 Å². The van der Waals surface area contributed by atoms with Crippen molar-refractivity contribution in [2.45, 2.75) is 26.3 Å². The van der Waals surface area contributed by atoms with E-state index < -0.39 is 0 Å². The summed E-state index contributed by atoms with van der Waals surface area (Å²) in [6.07, 6.45) is 0.950. The lowest BCUT2D eigenvalue weighted by Gasteiger charge is -2.13. The highest BCUT2D eigenvalue weighted by Crippen LogP contribution is 2.26. The zero-order valence-corrected chi connectivity index (χ0v) is 17.9. The number of carbonyl (C=O) groups is 1. The fourth-order valence-electron chi connectivity index (χ4n) is 3.52. The molecule has 0 radical (unpaired) electrons. The van der Waals surface area contributed by atoms with Gasteiger partial charge in [-0.3, -0.25) is 14.2 Å². The predicted octanol–water partition coefficient (Wildman–Crippen LogP) is 4.98. The molecule has 0 atom stereocenters. The number of nitrogens with zero attached hydrogens (tertiary/aromatic N) is 2. The second kappa shape index (κ2) is 9.14. The third-order valence-corrected chi connectivity index (χ3v) is 5.49. The van der Waals surface area contributed by atoms with Gasteiger partial charge < -0.3 is 5.32 Å². The number of amides is 1. The van der Waals surface area contributed by atoms with Gasteiger partial charge in [0.1, 0.15) is 5.82 Å². The Morgan fingerprint density at radius 1 is 1.00 bits per heavy atom. The van der Waals surface area contributed by atoms with Gasteiger partial charge in [0, 0.05) is 6.42 Å². The molecule has 1 aromatic heterocycles. The van der Waals surface area contributed by atoms with E-state index in [1.807, 2.05) is 60.7 Å². The Balaban J connectivity index is 1.60. The lowest BCUT2D eigenvalue weighted by Crippen LogP contribution is -2.24. The standard InChI is InChI=1S/C25H22ClN3O2/c1-17-27-22-15-21(26)23(28-24(30)13-12-18-8-4-2-5-9-18)14-20(22)25(31)29(17)16-19-10-6-3-7-11-19/h2-11,14-15H,12-13,16H2,1H3,(H,28,30). The number of fused-ring (bicyclic) bond motifs is 1. The molecule has 0 aliphatic heterocycles. The first kappa shape index (κ1) is 20.8. The first-order chi connectivity index (χ1) is 15.0. The Bertz CT molecular complexity index is 1290. The van der Waals surface area contributed by atoms with E-state index in [1.165, 1.54) is 0 Å². The van der Waals surface area contributed by atoms with Gasteiger partial charge in [0.05, 0.1) is 28.2 Å². The van der Waals surface area contributed by atoms with Crippen LogP contribution in [0, 0.1) is 6.92 Å². The quantitative estimate of drug-likeness (QED) is 0.468. The van der Waals surface area contributed by atoms with Crippen molar-refractivity contribution >= 4 is 34.1 Å². The second-order valence-corrected chi connectivity index (χ2v) is 7.83.